The van der Waals surface area contributed by atoms with E-state index in [2.05, 4.69) is 12.1 Å². The Morgan fingerprint density at radius 1 is 1.15 bits per heavy atom. The third kappa shape index (κ3) is 4.44. The standard InChI is InChI=1S/C22H27NO3/c1-16-7-9-19(15-21(16)25)22(26)23-13-11-18(12-14-23)20(24)10-8-17-5-3-2-4-6-17/h2-7,9,15,18,20,24-25H,8,10-14H2,1H3/t20-/m0/s1. The van der Waals surface area contributed by atoms with Gasteiger partial charge < -0.3 is 15.1 Å². The highest BCUT2D eigenvalue weighted by Gasteiger charge is 2.28. The van der Waals surface area contributed by atoms with Gasteiger partial charge in [-0.3, -0.25) is 4.79 Å². The smallest absolute Gasteiger partial charge is 0.253 e. The Labute approximate surface area is 155 Å². The van der Waals surface area contributed by atoms with Crippen LogP contribution < -0.4 is 0 Å². The van der Waals surface area contributed by atoms with Crippen molar-refractivity contribution in [1.29, 1.82) is 0 Å². The lowest BCUT2D eigenvalue weighted by molar-refractivity contribution is 0.0436. The van der Waals surface area contributed by atoms with Gasteiger partial charge in [-0.05, 0) is 61.8 Å². The normalized spacial score (nSPS) is 16.5. The maximum Gasteiger partial charge on any atom is 0.253 e. The second kappa shape index (κ2) is 8.37. The predicted molar refractivity (Wildman–Crippen MR) is 102 cm³/mol. The minimum atomic E-state index is -0.323. The number of aryl methyl sites for hydroxylation is 2. The topological polar surface area (TPSA) is 60.8 Å². The predicted octanol–water partition coefficient (Wildman–Crippen LogP) is 3.55. The summed E-state index contributed by atoms with van der Waals surface area (Å²) in [6.07, 6.45) is 2.95. The Hall–Kier alpha value is -2.33. The number of carbonyl (C=O) groups excluding carboxylic acids is 1. The van der Waals surface area contributed by atoms with Gasteiger partial charge in [0.2, 0.25) is 0 Å². The lowest BCUT2D eigenvalue weighted by Crippen LogP contribution is -2.41. The number of piperidine rings is 1. The quantitative estimate of drug-likeness (QED) is 0.864. The van der Waals surface area contributed by atoms with Crippen LogP contribution in [0.25, 0.3) is 0 Å². The molecule has 138 valence electrons. The average molecular weight is 353 g/mol. The third-order valence-corrected chi connectivity index (χ3v) is 5.40. The van der Waals surface area contributed by atoms with Gasteiger partial charge in [-0.2, -0.15) is 0 Å². The number of benzene rings is 2. The Morgan fingerprint density at radius 2 is 1.85 bits per heavy atom. The van der Waals surface area contributed by atoms with Gasteiger partial charge in [0.25, 0.3) is 5.91 Å². The molecule has 1 aliphatic rings. The van der Waals surface area contributed by atoms with E-state index in [1.165, 1.54) is 5.56 Å². The summed E-state index contributed by atoms with van der Waals surface area (Å²) >= 11 is 0. The largest absolute Gasteiger partial charge is 0.508 e. The fraction of sp³-hybridized carbons (Fsp3) is 0.409. The molecule has 1 fully saturated rings. The number of aliphatic hydroxyl groups excluding tert-OH is 1. The molecule has 0 bridgehead atoms. The molecule has 1 aliphatic heterocycles. The van der Waals surface area contributed by atoms with Crippen molar-refractivity contribution >= 4 is 5.91 Å². The number of aliphatic hydroxyl groups is 1. The van der Waals surface area contributed by atoms with Gasteiger partial charge in [0.05, 0.1) is 6.10 Å². The minimum absolute atomic E-state index is 0.0440. The molecule has 0 radical (unpaired) electrons. The van der Waals surface area contributed by atoms with Crippen molar-refractivity contribution in [1.82, 2.24) is 4.90 Å². The van der Waals surface area contributed by atoms with Crippen molar-refractivity contribution < 1.29 is 15.0 Å². The number of hydrogen-bond donors (Lipinski definition) is 2. The van der Waals surface area contributed by atoms with Gasteiger partial charge in [-0.1, -0.05) is 36.4 Å². The molecule has 2 N–H and O–H groups in total. The first-order valence-corrected chi connectivity index (χ1v) is 9.35. The number of rotatable bonds is 5. The number of aromatic hydroxyl groups is 1. The zero-order chi connectivity index (χ0) is 18.5. The van der Waals surface area contributed by atoms with Gasteiger partial charge in [-0.25, -0.2) is 0 Å². The summed E-state index contributed by atoms with van der Waals surface area (Å²) in [5.41, 5.74) is 2.54. The average Bonchev–Trinajstić information content (AvgIpc) is 2.68. The number of amides is 1. The second-order valence-corrected chi connectivity index (χ2v) is 7.22. The summed E-state index contributed by atoms with van der Waals surface area (Å²) in [6.45, 7) is 3.12. The third-order valence-electron chi connectivity index (χ3n) is 5.40. The maximum absolute atomic E-state index is 12.6. The van der Waals surface area contributed by atoms with Crippen LogP contribution in [-0.2, 0) is 6.42 Å². The van der Waals surface area contributed by atoms with E-state index in [1.54, 1.807) is 18.2 Å². The highest BCUT2D eigenvalue weighted by Crippen LogP contribution is 2.25. The first-order valence-electron chi connectivity index (χ1n) is 9.35. The van der Waals surface area contributed by atoms with Gasteiger partial charge in [0, 0.05) is 18.7 Å². The molecule has 0 aliphatic carbocycles. The zero-order valence-electron chi connectivity index (χ0n) is 15.3. The molecule has 4 nitrogen and oxygen atoms in total. The summed E-state index contributed by atoms with van der Waals surface area (Å²) in [4.78, 5) is 14.4. The van der Waals surface area contributed by atoms with Gasteiger partial charge in [0.15, 0.2) is 0 Å². The Balaban J connectivity index is 1.50. The second-order valence-electron chi connectivity index (χ2n) is 7.22. The molecule has 0 aromatic heterocycles. The Kier molecular flexibility index (Phi) is 5.94. The van der Waals surface area contributed by atoms with Crippen molar-refractivity contribution in [3.63, 3.8) is 0 Å². The van der Waals surface area contributed by atoms with E-state index in [0.717, 1.165) is 31.2 Å². The van der Waals surface area contributed by atoms with Crippen molar-refractivity contribution in [3.8, 4) is 5.75 Å². The molecule has 0 saturated carbocycles. The fourth-order valence-corrected chi connectivity index (χ4v) is 3.61. The molecule has 1 saturated heterocycles. The number of nitrogens with zero attached hydrogens (tertiary/aromatic N) is 1. The van der Waals surface area contributed by atoms with Crippen LogP contribution in [0.2, 0.25) is 0 Å². The highest BCUT2D eigenvalue weighted by atomic mass is 16.3. The Morgan fingerprint density at radius 3 is 2.50 bits per heavy atom. The van der Waals surface area contributed by atoms with Gasteiger partial charge in [0.1, 0.15) is 5.75 Å². The van der Waals surface area contributed by atoms with Crippen LogP contribution in [0, 0.1) is 12.8 Å². The molecule has 26 heavy (non-hydrogen) atoms. The van der Waals surface area contributed by atoms with Crippen LogP contribution in [0.15, 0.2) is 48.5 Å². The Bertz CT molecular complexity index is 736. The first-order chi connectivity index (χ1) is 12.5. The molecule has 3 rings (SSSR count). The van der Waals surface area contributed by atoms with E-state index in [1.807, 2.05) is 30.0 Å². The minimum Gasteiger partial charge on any atom is -0.508 e. The monoisotopic (exact) mass is 353 g/mol. The van der Waals surface area contributed by atoms with Crippen LogP contribution >= 0.6 is 0 Å². The summed E-state index contributed by atoms with van der Waals surface area (Å²) < 4.78 is 0. The summed E-state index contributed by atoms with van der Waals surface area (Å²) in [5, 5.41) is 20.3. The van der Waals surface area contributed by atoms with Crippen LogP contribution in [0.1, 0.15) is 40.7 Å². The number of likely N-dealkylation sites (tertiary alicyclic amines) is 1. The summed E-state index contributed by atoms with van der Waals surface area (Å²) in [6, 6.07) is 15.3. The molecular formula is C22H27NO3. The summed E-state index contributed by atoms with van der Waals surface area (Å²) in [5.74, 6) is 0.355. The molecule has 0 unspecified atom stereocenters. The maximum atomic E-state index is 12.6. The van der Waals surface area contributed by atoms with Crippen LogP contribution in [-0.4, -0.2) is 40.2 Å². The number of phenols is 1. The van der Waals surface area contributed by atoms with Crippen molar-refractivity contribution in [2.24, 2.45) is 5.92 Å². The molecule has 1 amide bonds. The molecule has 2 aromatic rings. The molecule has 0 spiro atoms. The number of hydrogen-bond acceptors (Lipinski definition) is 3. The molecule has 1 atom stereocenters. The van der Waals surface area contributed by atoms with E-state index in [9.17, 15) is 15.0 Å². The lowest BCUT2D eigenvalue weighted by Gasteiger charge is -2.34. The van der Waals surface area contributed by atoms with E-state index >= 15 is 0 Å². The zero-order valence-corrected chi connectivity index (χ0v) is 15.3. The van der Waals surface area contributed by atoms with E-state index in [-0.39, 0.29) is 23.7 Å². The molecule has 2 aromatic carbocycles. The summed E-state index contributed by atoms with van der Waals surface area (Å²) in [7, 11) is 0. The van der Waals surface area contributed by atoms with Crippen LogP contribution in [0.3, 0.4) is 0 Å². The molecule has 1 heterocycles. The number of phenolic OH excluding ortho intramolecular Hbond substituents is 1. The van der Waals surface area contributed by atoms with Crippen LogP contribution in [0.5, 0.6) is 5.75 Å². The number of carbonyl (C=O) groups is 1. The molecule has 4 heteroatoms. The van der Waals surface area contributed by atoms with Crippen molar-refractivity contribution in [2.45, 2.75) is 38.7 Å². The first kappa shape index (κ1) is 18.5. The van der Waals surface area contributed by atoms with E-state index < -0.39 is 0 Å². The van der Waals surface area contributed by atoms with Gasteiger partial charge >= 0.3 is 0 Å². The molecular weight excluding hydrogens is 326 g/mol. The highest BCUT2D eigenvalue weighted by molar-refractivity contribution is 5.94. The van der Waals surface area contributed by atoms with Crippen molar-refractivity contribution in [2.75, 3.05) is 13.1 Å². The SMILES string of the molecule is Cc1ccc(C(=O)N2CCC([C@@H](O)CCc3ccccc3)CC2)cc1O. The van der Waals surface area contributed by atoms with Gasteiger partial charge in [-0.15, -0.1) is 0 Å². The van der Waals surface area contributed by atoms with E-state index in [4.69, 9.17) is 0 Å². The van der Waals surface area contributed by atoms with Crippen LogP contribution in [0.4, 0.5) is 0 Å². The fourth-order valence-electron chi connectivity index (χ4n) is 3.61. The lowest BCUT2D eigenvalue weighted by atomic mass is 9.88. The van der Waals surface area contributed by atoms with E-state index in [0.29, 0.717) is 18.7 Å². The van der Waals surface area contributed by atoms with Crippen molar-refractivity contribution in [3.05, 3.63) is 65.2 Å².